The maximum absolute atomic E-state index is 12.8. The van der Waals surface area contributed by atoms with Crippen LogP contribution in [0.4, 0.5) is 9.59 Å². The molecule has 4 amide bonds. The molecule has 0 saturated heterocycles. The molecule has 0 rings (SSSR count). The molecule has 0 aromatic carbocycles. The molecule has 0 bridgehead atoms. The summed E-state index contributed by atoms with van der Waals surface area (Å²) >= 11 is 0. The highest BCUT2D eigenvalue weighted by Crippen LogP contribution is 2.15. The number of unbranched alkanes of at least 4 members (excludes halogenated alkanes) is 13. The summed E-state index contributed by atoms with van der Waals surface area (Å²) in [4.78, 5) is 60.9. The highest BCUT2D eigenvalue weighted by Gasteiger charge is 2.24. The van der Waals surface area contributed by atoms with E-state index in [0.717, 1.165) is 25.7 Å². The summed E-state index contributed by atoms with van der Waals surface area (Å²) in [5.41, 5.74) is -1.73. The monoisotopic (exact) mass is 859 g/mol. The quantitative estimate of drug-likeness (QED) is 0.0274. The minimum absolute atomic E-state index is 0.0636. The predicted octanol–water partition coefficient (Wildman–Crippen LogP) is 8.05. The normalized spacial score (nSPS) is 12.3. The number of alkyl carbamates (subject to hydrolysis) is 2. The zero-order valence-electron chi connectivity index (χ0n) is 39.2. The molecule has 0 aromatic heterocycles. The first kappa shape index (κ1) is 56.8. The minimum atomic E-state index is -0.859. The maximum atomic E-state index is 12.8. The lowest BCUT2D eigenvalue weighted by Crippen LogP contribution is -2.49. The van der Waals surface area contributed by atoms with Gasteiger partial charge in [0, 0.05) is 32.5 Å². The lowest BCUT2D eigenvalue weighted by Gasteiger charge is -2.23. The van der Waals surface area contributed by atoms with Gasteiger partial charge in [-0.3, -0.25) is 14.4 Å². The van der Waals surface area contributed by atoms with E-state index < -0.39 is 35.0 Å². The molecule has 15 heteroatoms. The highest BCUT2D eigenvalue weighted by molar-refractivity contribution is 5.85. The van der Waals surface area contributed by atoms with E-state index in [-0.39, 0.29) is 43.9 Å². The van der Waals surface area contributed by atoms with Crippen molar-refractivity contribution < 1.29 is 52.4 Å². The molecule has 352 valence electrons. The Morgan fingerprint density at radius 1 is 0.417 bits per heavy atom. The number of hydrogen-bond acceptors (Lipinski definition) is 11. The molecule has 1 atom stereocenters. The summed E-state index contributed by atoms with van der Waals surface area (Å²) in [5, 5.41) is 10.9. The van der Waals surface area contributed by atoms with Crippen molar-refractivity contribution in [1.29, 1.82) is 0 Å². The molecule has 0 saturated carbocycles. The van der Waals surface area contributed by atoms with E-state index in [2.05, 4.69) is 21.3 Å². The van der Waals surface area contributed by atoms with Gasteiger partial charge in [-0.1, -0.05) is 77.0 Å². The lowest BCUT2D eigenvalue weighted by molar-refractivity contribution is -0.155. The number of esters is 1. The summed E-state index contributed by atoms with van der Waals surface area (Å²) in [7, 11) is 0. The van der Waals surface area contributed by atoms with Crippen molar-refractivity contribution in [1.82, 2.24) is 21.3 Å². The first-order valence-electron chi connectivity index (χ1n) is 22.7. The van der Waals surface area contributed by atoms with E-state index in [4.69, 9.17) is 28.4 Å². The van der Waals surface area contributed by atoms with Crippen LogP contribution in [0.15, 0.2) is 0 Å². The van der Waals surface area contributed by atoms with E-state index in [1.54, 1.807) is 41.5 Å². The maximum Gasteiger partial charge on any atom is 0.408 e. The smallest absolute Gasteiger partial charge is 0.408 e. The molecule has 0 aliphatic heterocycles. The zero-order valence-corrected chi connectivity index (χ0v) is 39.2. The average molecular weight is 859 g/mol. The second-order valence-corrected chi connectivity index (χ2v) is 18.3. The Balaban J connectivity index is 3.73. The van der Waals surface area contributed by atoms with Gasteiger partial charge in [0.2, 0.25) is 11.8 Å². The van der Waals surface area contributed by atoms with Crippen LogP contribution in [0.3, 0.4) is 0 Å². The molecule has 0 fully saturated rings. The Hall–Kier alpha value is -3.17. The fourth-order valence-corrected chi connectivity index (χ4v) is 5.86. The number of rotatable bonds is 35. The van der Waals surface area contributed by atoms with Crippen LogP contribution < -0.4 is 21.3 Å². The molecule has 0 aliphatic rings. The van der Waals surface area contributed by atoms with Crippen LogP contribution in [0.5, 0.6) is 0 Å². The molecular formula is C45H86N4O11. The SMILES string of the molecule is CC(C)(C)OC(=O)CCCCCCCCCCCCCCCCC(=O)NCCOCCOCCOCCNC(=O)C(CCCNC(=O)OC(C)(C)C)NC(=O)OC(C)(C)C. The van der Waals surface area contributed by atoms with Crippen LogP contribution in [0.1, 0.15) is 178 Å². The fraction of sp³-hybridized carbons (Fsp3) is 0.889. The summed E-state index contributed by atoms with van der Waals surface area (Å²) in [5.74, 6) is -0.406. The van der Waals surface area contributed by atoms with Crippen molar-refractivity contribution in [3.8, 4) is 0 Å². The largest absolute Gasteiger partial charge is 0.460 e. The Morgan fingerprint density at radius 2 is 0.817 bits per heavy atom. The van der Waals surface area contributed by atoms with Crippen LogP contribution in [-0.4, -0.2) is 112 Å². The van der Waals surface area contributed by atoms with Gasteiger partial charge >= 0.3 is 18.2 Å². The third-order valence-corrected chi connectivity index (χ3v) is 8.66. The molecule has 15 nitrogen and oxygen atoms in total. The van der Waals surface area contributed by atoms with Gasteiger partial charge in [0.25, 0.3) is 0 Å². The van der Waals surface area contributed by atoms with E-state index in [0.29, 0.717) is 58.8 Å². The Bertz CT molecular complexity index is 1150. The van der Waals surface area contributed by atoms with E-state index in [1.165, 1.54) is 64.2 Å². The van der Waals surface area contributed by atoms with Gasteiger partial charge in [-0.25, -0.2) is 9.59 Å². The van der Waals surface area contributed by atoms with Crippen LogP contribution >= 0.6 is 0 Å². The number of nitrogens with one attached hydrogen (secondary N) is 4. The predicted molar refractivity (Wildman–Crippen MR) is 235 cm³/mol. The fourth-order valence-electron chi connectivity index (χ4n) is 5.86. The Morgan fingerprint density at radius 3 is 1.28 bits per heavy atom. The zero-order chi connectivity index (χ0) is 45.1. The van der Waals surface area contributed by atoms with Crippen molar-refractivity contribution in [3.05, 3.63) is 0 Å². The minimum Gasteiger partial charge on any atom is -0.460 e. The van der Waals surface area contributed by atoms with Crippen molar-refractivity contribution in [2.75, 3.05) is 59.3 Å². The third-order valence-electron chi connectivity index (χ3n) is 8.66. The molecule has 1 unspecified atom stereocenters. The number of hydrogen-bond donors (Lipinski definition) is 4. The number of amides is 4. The van der Waals surface area contributed by atoms with E-state index >= 15 is 0 Å². The molecular weight excluding hydrogens is 773 g/mol. The molecule has 0 heterocycles. The summed E-state index contributed by atoms with van der Waals surface area (Å²) in [6, 6.07) is -0.859. The van der Waals surface area contributed by atoms with Crippen LogP contribution in [0.2, 0.25) is 0 Å². The van der Waals surface area contributed by atoms with Crippen molar-refractivity contribution >= 4 is 30.0 Å². The van der Waals surface area contributed by atoms with Gasteiger partial charge in [0.1, 0.15) is 22.8 Å². The summed E-state index contributed by atoms with van der Waals surface area (Å²) < 4.78 is 32.5. The standard InChI is InChI=1S/C45H86N4O11/c1-43(2,3)58-39(51)27-23-21-19-17-15-13-11-10-12-14-16-18-20-22-26-38(50)46-29-31-55-33-35-57-36-34-56-32-30-47-40(52)37(49-42(54)60-45(7,8)9)25-24-28-48-41(53)59-44(4,5)6/h37H,10-36H2,1-9H3,(H,46,50)(H,47,52)(H,48,53)(H,49,54). The van der Waals surface area contributed by atoms with Gasteiger partial charge in [-0.05, 0) is 88.0 Å². The topological polar surface area (TPSA) is 189 Å². The molecule has 4 N–H and O–H groups in total. The average Bonchev–Trinajstić information content (AvgIpc) is 3.12. The van der Waals surface area contributed by atoms with E-state index in [1.807, 2.05) is 20.8 Å². The lowest BCUT2D eigenvalue weighted by atomic mass is 10.0. The van der Waals surface area contributed by atoms with Gasteiger partial charge in [0.15, 0.2) is 0 Å². The second-order valence-electron chi connectivity index (χ2n) is 18.3. The highest BCUT2D eigenvalue weighted by atomic mass is 16.6. The second kappa shape index (κ2) is 34.4. The Labute approximate surface area is 362 Å². The molecule has 60 heavy (non-hydrogen) atoms. The molecule has 0 aromatic rings. The van der Waals surface area contributed by atoms with Gasteiger partial charge in [-0.15, -0.1) is 0 Å². The molecule has 0 spiro atoms. The number of ether oxygens (including phenoxy) is 6. The van der Waals surface area contributed by atoms with Crippen molar-refractivity contribution in [2.45, 2.75) is 201 Å². The molecule has 0 aliphatic carbocycles. The number of carbonyl (C=O) groups excluding carboxylic acids is 5. The first-order chi connectivity index (χ1) is 28.3. The third kappa shape index (κ3) is 41.6. The Kier molecular flexibility index (Phi) is 32.6. The van der Waals surface area contributed by atoms with Gasteiger partial charge in [-0.2, -0.15) is 0 Å². The van der Waals surface area contributed by atoms with Crippen LogP contribution in [0, 0.1) is 0 Å². The first-order valence-corrected chi connectivity index (χ1v) is 22.7. The van der Waals surface area contributed by atoms with Crippen LogP contribution in [0.25, 0.3) is 0 Å². The van der Waals surface area contributed by atoms with Crippen molar-refractivity contribution in [2.24, 2.45) is 0 Å². The molecule has 0 radical (unpaired) electrons. The van der Waals surface area contributed by atoms with Crippen LogP contribution in [-0.2, 0) is 42.8 Å². The van der Waals surface area contributed by atoms with Gasteiger partial charge in [0.05, 0.1) is 39.6 Å². The summed E-state index contributed by atoms with van der Waals surface area (Å²) in [6.07, 6.45) is 17.1. The van der Waals surface area contributed by atoms with E-state index in [9.17, 15) is 24.0 Å². The van der Waals surface area contributed by atoms with Crippen molar-refractivity contribution in [3.63, 3.8) is 0 Å². The van der Waals surface area contributed by atoms with Gasteiger partial charge < -0.3 is 49.7 Å². The summed E-state index contributed by atoms with van der Waals surface area (Å²) in [6.45, 7) is 19.4. The number of carbonyl (C=O) groups is 5.